The summed E-state index contributed by atoms with van der Waals surface area (Å²) in [6, 6.07) is 19.9. The summed E-state index contributed by atoms with van der Waals surface area (Å²) >= 11 is 9.75. The molecule has 0 fully saturated rings. The van der Waals surface area contributed by atoms with Crippen molar-refractivity contribution in [1.29, 1.82) is 0 Å². The lowest BCUT2D eigenvalue weighted by molar-refractivity contribution is -0.530. The van der Waals surface area contributed by atoms with Gasteiger partial charge in [0.05, 0.1) is 5.92 Å². The Balaban J connectivity index is 1.77. The number of fused-ring (bicyclic) bond motifs is 1. The molecule has 3 aromatic carbocycles. The van der Waals surface area contributed by atoms with Crippen LogP contribution in [-0.4, -0.2) is 16.7 Å². The van der Waals surface area contributed by atoms with Crippen molar-refractivity contribution in [2.45, 2.75) is 24.4 Å². The van der Waals surface area contributed by atoms with Gasteiger partial charge in [-0.2, -0.15) is 0 Å². The molecule has 4 rings (SSSR count). The van der Waals surface area contributed by atoms with Gasteiger partial charge in [-0.25, -0.2) is 0 Å². The molecule has 0 aromatic heterocycles. The van der Waals surface area contributed by atoms with Crippen molar-refractivity contribution >= 4 is 39.0 Å². The number of ketones is 1. The van der Waals surface area contributed by atoms with E-state index in [0.29, 0.717) is 16.1 Å². The smallest absolute Gasteiger partial charge is 0.244 e. The zero-order chi connectivity index (χ0) is 21.3. The highest BCUT2D eigenvalue weighted by Crippen LogP contribution is 2.45. The van der Waals surface area contributed by atoms with Crippen LogP contribution in [0.25, 0.3) is 0 Å². The van der Waals surface area contributed by atoms with Crippen molar-refractivity contribution in [3.8, 4) is 0 Å². The summed E-state index contributed by atoms with van der Waals surface area (Å²) in [5.41, 5.74) is 2.74. The average molecular weight is 486 g/mol. The molecule has 1 aliphatic heterocycles. The van der Waals surface area contributed by atoms with Crippen molar-refractivity contribution in [3.63, 3.8) is 0 Å². The lowest BCUT2D eigenvalue weighted by atomic mass is 9.77. The van der Waals surface area contributed by atoms with Crippen molar-refractivity contribution in [2.75, 3.05) is 5.32 Å². The number of carbonyl (C=O) groups excluding carboxylic acids is 1. The number of Topliss-reactive ketones (excluding diaryl/α,β-unsaturated/α-hetero) is 1. The van der Waals surface area contributed by atoms with Crippen LogP contribution in [0, 0.1) is 10.1 Å². The minimum absolute atomic E-state index is 0.0346. The van der Waals surface area contributed by atoms with E-state index in [1.54, 1.807) is 42.5 Å². The van der Waals surface area contributed by atoms with E-state index >= 15 is 0 Å². The minimum Gasteiger partial charge on any atom is -0.372 e. The van der Waals surface area contributed by atoms with Crippen LogP contribution in [0.4, 0.5) is 5.69 Å². The summed E-state index contributed by atoms with van der Waals surface area (Å²) in [5.74, 6) is -0.719. The number of benzene rings is 3. The van der Waals surface area contributed by atoms with Gasteiger partial charge in [0.25, 0.3) is 0 Å². The molecule has 0 saturated carbocycles. The molecule has 0 amide bonds. The van der Waals surface area contributed by atoms with E-state index in [1.165, 1.54) is 0 Å². The van der Waals surface area contributed by atoms with Crippen molar-refractivity contribution in [3.05, 3.63) is 109 Å². The third-order valence-electron chi connectivity index (χ3n) is 5.48. The molecule has 3 atom stereocenters. The summed E-state index contributed by atoms with van der Waals surface area (Å²) in [7, 11) is 0. The van der Waals surface area contributed by atoms with Gasteiger partial charge in [0.2, 0.25) is 6.04 Å². The number of para-hydroxylation sites is 1. The number of nitrogens with zero attached hydrogens (tertiary/aromatic N) is 1. The summed E-state index contributed by atoms with van der Waals surface area (Å²) < 4.78 is 0.869. The number of nitrogens with one attached hydrogen (secondary N) is 1. The highest BCUT2D eigenvalue weighted by Gasteiger charge is 2.46. The molecule has 1 heterocycles. The number of nitro groups is 1. The fourth-order valence-electron chi connectivity index (χ4n) is 4.06. The van der Waals surface area contributed by atoms with Gasteiger partial charge in [0.15, 0.2) is 5.78 Å². The van der Waals surface area contributed by atoms with E-state index in [1.807, 2.05) is 30.3 Å². The molecule has 0 spiro atoms. The number of carbonyl (C=O) groups is 1. The molecule has 1 aliphatic rings. The normalized spacial score (nSPS) is 20.1. The van der Waals surface area contributed by atoms with Gasteiger partial charge >= 0.3 is 0 Å². The predicted octanol–water partition coefficient (Wildman–Crippen LogP) is 6.27. The predicted molar refractivity (Wildman–Crippen MR) is 121 cm³/mol. The fraction of sp³-hybridized carbons (Fsp3) is 0.174. The Bertz CT molecular complexity index is 1100. The van der Waals surface area contributed by atoms with Crippen LogP contribution in [-0.2, 0) is 0 Å². The maximum absolute atomic E-state index is 13.0. The van der Waals surface area contributed by atoms with Crippen LogP contribution in [0.2, 0.25) is 5.02 Å². The van der Waals surface area contributed by atoms with E-state index in [4.69, 9.17) is 11.6 Å². The number of halogens is 2. The second kappa shape index (κ2) is 8.58. The standard InChI is InChI=1S/C23H18BrClN2O3/c24-15-11-9-14(10-12-15)21(28)13-18-16-5-2-4-8-20(16)26-22(23(18)27(29)30)17-6-1-3-7-19(17)25/h1-12,18,22-23,26H,13H2/t18-,22+,23+/m1/s1. The average Bonchev–Trinajstić information content (AvgIpc) is 2.74. The van der Waals surface area contributed by atoms with E-state index in [9.17, 15) is 14.9 Å². The molecule has 1 N–H and O–H groups in total. The zero-order valence-corrected chi connectivity index (χ0v) is 18.1. The third-order valence-corrected chi connectivity index (χ3v) is 6.35. The number of hydrogen-bond donors (Lipinski definition) is 1. The first-order valence-electron chi connectivity index (χ1n) is 9.48. The first kappa shape index (κ1) is 20.6. The Labute approximate surface area is 187 Å². The van der Waals surface area contributed by atoms with Gasteiger partial charge in [0.1, 0.15) is 6.04 Å². The molecular weight excluding hydrogens is 468 g/mol. The van der Waals surface area contributed by atoms with Crippen LogP contribution in [0.3, 0.4) is 0 Å². The summed E-state index contributed by atoms with van der Waals surface area (Å²) in [6.45, 7) is 0. The third kappa shape index (κ3) is 3.98. The Morgan fingerprint density at radius 3 is 2.30 bits per heavy atom. The van der Waals surface area contributed by atoms with Crippen LogP contribution >= 0.6 is 27.5 Å². The van der Waals surface area contributed by atoms with Gasteiger partial charge in [0, 0.05) is 32.1 Å². The van der Waals surface area contributed by atoms with Crippen molar-refractivity contribution < 1.29 is 9.72 Å². The number of rotatable bonds is 5. The second-order valence-corrected chi connectivity index (χ2v) is 8.57. The van der Waals surface area contributed by atoms with Gasteiger partial charge in [-0.05, 0) is 35.4 Å². The molecule has 3 aromatic rings. The van der Waals surface area contributed by atoms with E-state index in [0.717, 1.165) is 15.7 Å². The molecule has 5 nitrogen and oxygen atoms in total. The first-order chi connectivity index (χ1) is 14.5. The fourth-order valence-corrected chi connectivity index (χ4v) is 4.58. The highest BCUT2D eigenvalue weighted by molar-refractivity contribution is 9.10. The van der Waals surface area contributed by atoms with Gasteiger partial charge in [-0.15, -0.1) is 0 Å². The Morgan fingerprint density at radius 1 is 1.00 bits per heavy atom. The Kier molecular flexibility index (Phi) is 5.88. The minimum atomic E-state index is -1.04. The monoisotopic (exact) mass is 484 g/mol. The molecule has 0 unspecified atom stereocenters. The lowest BCUT2D eigenvalue weighted by Crippen LogP contribution is -2.42. The zero-order valence-electron chi connectivity index (χ0n) is 15.8. The summed E-state index contributed by atoms with van der Waals surface area (Å²) in [5, 5.41) is 16.0. The Morgan fingerprint density at radius 2 is 1.63 bits per heavy atom. The molecule has 152 valence electrons. The summed E-state index contributed by atoms with van der Waals surface area (Å²) in [4.78, 5) is 25.0. The molecule has 0 radical (unpaired) electrons. The quantitative estimate of drug-likeness (QED) is 0.262. The number of hydrogen-bond acceptors (Lipinski definition) is 4. The Hall–Kier alpha value is -2.70. The van der Waals surface area contributed by atoms with Gasteiger partial charge in [-0.3, -0.25) is 14.9 Å². The van der Waals surface area contributed by atoms with Crippen LogP contribution < -0.4 is 5.32 Å². The maximum Gasteiger partial charge on any atom is 0.244 e. The molecular formula is C23H18BrClN2O3. The van der Waals surface area contributed by atoms with E-state index in [-0.39, 0.29) is 17.1 Å². The van der Waals surface area contributed by atoms with Crippen molar-refractivity contribution in [1.82, 2.24) is 0 Å². The maximum atomic E-state index is 13.0. The van der Waals surface area contributed by atoms with Gasteiger partial charge < -0.3 is 5.32 Å². The van der Waals surface area contributed by atoms with Crippen LogP contribution in [0.15, 0.2) is 77.3 Å². The molecule has 0 saturated heterocycles. The van der Waals surface area contributed by atoms with Crippen LogP contribution in [0.1, 0.15) is 39.9 Å². The highest BCUT2D eigenvalue weighted by atomic mass is 79.9. The molecule has 7 heteroatoms. The van der Waals surface area contributed by atoms with E-state index < -0.39 is 18.0 Å². The largest absolute Gasteiger partial charge is 0.372 e. The second-order valence-electron chi connectivity index (χ2n) is 7.25. The lowest BCUT2D eigenvalue weighted by Gasteiger charge is -2.36. The summed E-state index contributed by atoms with van der Waals surface area (Å²) in [6.07, 6.45) is 0.0346. The molecule has 0 aliphatic carbocycles. The SMILES string of the molecule is O=C(C[C@@H]1c2ccccc2N[C@@H](c2ccccc2Cl)[C@H]1[N+](=O)[O-])c1ccc(Br)cc1. The van der Waals surface area contributed by atoms with Crippen molar-refractivity contribution in [2.24, 2.45) is 0 Å². The van der Waals surface area contributed by atoms with Gasteiger partial charge in [-0.1, -0.05) is 76.1 Å². The molecule has 0 bridgehead atoms. The van der Waals surface area contributed by atoms with E-state index in [2.05, 4.69) is 21.2 Å². The van der Waals surface area contributed by atoms with Crippen LogP contribution in [0.5, 0.6) is 0 Å². The first-order valence-corrected chi connectivity index (χ1v) is 10.6. The molecule has 30 heavy (non-hydrogen) atoms. The topological polar surface area (TPSA) is 72.2 Å². The number of anilines is 1.